The molecule has 1 saturated carbocycles. The van der Waals surface area contributed by atoms with Crippen LogP contribution in [0, 0.1) is 5.92 Å². The van der Waals surface area contributed by atoms with Gasteiger partial charge >= 0.3 is 0 Å². The number of thioether (sulfide) groups is 1. The molecule has 0 spiro atoms. The van der Waals surface area contributed by atoms with Crippen molar-refractivity contribution in [1.29, 1.82) is 0 Å². The highest BCUT2D eigenvalue weighted by Crippen LogP contribution is 2.30. The maximum atomic E-state index is 3.84. The highest BCUT2D eigenvalue weighted by Gasteiger charge is 2.28. The first kappa shape index (κ1) is 13.4. The molecule has 1 fully saturated rings. The Morgan fingerprint density at radius 1 is 1.27 bits per heavy atom. The van der Waals surface area contributed by atoms with Gasteiger partial charge in [-0.05, 0) is 31.4 Å². The van der Waals surface area contributed by atoms with Crippen LogP contribution in [0.1, 0.15) is 53.4 Å². The predicted molar refractivity (Wildman–Crippen MR) is 71.6 cm³/mol. The van der Waals surface area contributed by atoms with E-state index in [2.05, 4.69) is 44.8 Å². The standard InChI is InChI=1S/C13H27NS/c1-5-10(3)11(4)14-12-8-7-9-13(12)15-6-2/h10-14H,5-9H2,1-4H3. The molecule has 15 heavy (non-hydrogen) atoms. The largest absolute Gasteiger partial charge is 0.310 e. The van der Waals surface area contributed by atoms with Crippen LogP contribution < -0.4 is 5.32 Å². The van der Waals surface area contributed by atoms with Crippen LogP contribution in [0.2, 0.25) is 0 Å². The summed E-state index contributed by atoms with van der Waals surface area (Å²) in [5.41, 5.74) is 0. The summed E-state index contributed by atoms with van der Waals surface area (Å²) in [5.74, 6) is 2.07. The Morgan fingerprint density at radius 2 is 2.00 bits per heavy atom. The minimum atomic E-state index is 0.679. The average Bonchev–Trinajstić information content (AvgIpc) is 2.65. The second-order valence-corrected chi connectivity index (χ2v) is 6.39. The van der Waals surface area contributed by atoms with Crippen LogP contribution in [0.4, 0.5) is 0 Å². The van der Waals surface area contributed by atoms with Crippen molar-refractivity contribution in [3.05, 3.63) is 0 Å². The van der Waals surface area contributed by atoms with Crippen molar-refractivity contribution >= 4 is 11.8 Å². The fourth-order valence-electron chi connectivity index (χ4n) is 2.39. The van der Waals surface area contributed by atoms with E-state index in [1.807, 2.05) is 0 Å². The molecule has 0 radical (unpaired) electrons. The van der Waals surface area contributed by atoms with Crippen LogP contribution in [-0.2, 0) is 0 Å². The summed E-state index contributed by atoms with van der Waals surface area (Å²) >= 11 is 2.15. The molecule has 1 aliphatic carbocycles. The van der Waals surface area contributed by atoms with E-state index in [1.165, 1.54) is 31.4 Å². The zero-order chi connectivity index (χ0) is 11.3. The molecule has 0 amide bonds. The molecule has 0 saturated heterocycles. The van der Waals surface area contributed by atoms with Crippen LogP contribution in [-0.4, -0.2) is 23.1 Å². The van der Waals surface area contributed by atoms with Gasteiger partial charge in [0.25, 0.3) is 0 Å². The van der Waals surface area contributed by atoms with E-state index in [0.717, 1.165) is 17.2 Å². The van der Waals surface area contributed by atoms with Gasteiger partial charge in [-0.25, -0.2) is 0 Å². The van der Waals surface area contributed by atoms with Gasteiger partial charge in [0, 0.05) is 17.3 Å². The lowest BCUT2D eigenvalue weighted by Crippen LogP contribution is -2.43. The van der Waals surface area contributed by atoms with Gasteiger partial charge in [-0.15, -0.1) is 0 Å². The van der Waals surface area contributed by atoms with E-state index in [0.29, 0.717) is 6.04 Å². The topological polar surface area (TPSA) is 12.0 Å². The van der Waals surface area contributed by atoms with Crippen LogP contribution in [0.3, 0.4) is 0 Å². The fourth-order valence-corrected chi connectivity index (χ4v) is 3.59. The summed E-state index contributed by atoms with van der Waals surface area (Å²) < 4.78 is 0. The highest BCUT2D eigenvalue weighted by atomic mass is 32.2. The Kier molecular flexibility index (Phi) is 6.06. The third kappa shape index (κ3) is 3.99. The van der Waals surface area contributed by atoms with Crippen molar-refractivity contribution in [2.75, 3.05) is 5.75 Å². The number of hydrogen-bond acceptors (Lipinski definition) is 2. The van der Waals surface area contributed by atoms with Gasteiger partial charge in [0.2, 0.25) is 0 Å². The monoisotopic (exact) mass is 229 g/mol. The lowest BCUT2D eigenvalue weighted by molar-refractivity contribution is 0.351. The summed E-state index contributed by atoms with van der Waals surface area (Å²) in [7, 11) is 0. The van der Waals surface area contributed by atoms with Crippen LogP contribution in [0.15, 0.2) is 0 Å². The first-order valence-electron chi connectivity index (χ1n) is 6.56. The molecule has 0 aromatic rings. The molecule has 0 bridgehead atoms. The Hall–Kier alpha value is 0.310. The maximum Gasteiger partial charge on any atom is 0.0201 e. The SMILES string of the molecule is CCSC1CCCC1NC(C)C(C)CC. The van der Waals surface area contributed by atoms with Crippen molar-refractivity contribution in [3.8, 4) is 0 Å². The molecular weight excluding hydrogens is 202 g/mol. The van der Waals surface area contributed by atoms with Gasteiger partial charge in [0.05, 0.1) is 0 Å². The molecule has 1 aliphatic rings. The zero-order valence-corrected chi connectivity index (χ0v) is 11.6. The van der Waals surface area contributed by atoms with E-state index in [-0.39, 0.29) is 0 Å². The first-order chi connectivity index (χ1) is 7.19. The zero-order valence-electron chi connectivity index (χ0n) is 10.8. The van der Waals surface area contributed by atoms with Crippen molar-refractivity contribution in [1.82, 2.24) is 5.32 Å². The Bertz CT molecular complexity index is 172. The second-order valence-electron chi connectivity index (χ2n) is 4.87. The van der Waals surface area contributed by atoms with E-state index < -0.39 is 0 Å². The molecule has 0 heterocycles. The molecule has 0 aromatic heterocycles. The van der Waals surface area contributed by atoms with Gasteiger partial charge in [-0.1, -0.05) is 33.6 Å². The molecule has 0 aromatic carbocycles. The number of nitrogens with one attached hydrogen (secondary N) is 1. The number of hydrogen-bond donors (Lipinski definition) is 1. The molecule has 1 nitrogen and oxygen atoms in total. The Labute approximate surface area is 99.8 Å². The van der Waals surface area contributed by atoms with Crippen molar-refractivity contribution in [3.63, 3.8) is 0 Å². The minimum Gasteiger partial charge on any atom is -0.310 e. The van der Waals surface area contributed by atoms with Gasteiger partial charge < -0.3 is 5.32 Å². The Balaban J connectivity index is 2.35. The lowest BCUT2D eigenvalue weighted by atomic mass is 10.00. The first-order valence-corrected chi connectivity index (χ1v) is 7.61. The molecule has 0 aliphatic heterocycles. The van der Waals surface area contributed by atoms with Crippen molar-refractivity contribution in [2.45, 2.75) is 70.7 Å². The molecule has 90 valence electrons. The third-order valence-electron chi connectivity index (χ3n) is 3.81. The highest BCUT2D eigenvalue weighted by molar-refractivity contribution is 7.99. The summed E-state index contributed by atoms with van der Waals surface area (Å²) in [6, 6.07) is 1.46. The van der Waals surface area contributed by atoms with E-state index in [9.17, 15) is 0 Å². The van der Waals surface area contributed by atoms with Gasteiger partial charge in [-0.2, -0.15) is 11.8 Å². The van der Waals surface area contributed by atoms with Crippen molar-refractivity contribution < 1.29 is 0 Å². The second kappa shape index (κ2) is 6.80. The number of rotatable bonds is 6. The van der Waals surface area contributed by atoms with Gasteiger partial charge in [-0.3, -0.25) is 0 Å². The van der Waals surface area contributed by atoms with E-state index in [4.69, 9.17) is 0 Å². The minimum absolute atomic E-state index is 0.679. The van der Waals surface area contributed by atoms with Crippen LogP contribution in [0.25, 0.3) is 0 Å². The van der Waals surface area contributed by atoms with E-state index >= 15 is 0 Å². The molecule has 1 N–H and O–H groups in total. The third-order valence-corrected chi connectivity index (χ3v) is 5.13. The predicted octanol–water partition coefficient (Wildman–Crippen LogP) is 3.68. The fraction of sp³-hybridized carbons (Fsp3) is 1.00. The summed E-state index contributed by atoms with van der Waals surface area (Å²) in [6.45, 7) is 9.27. The molecule has 2 heteroatoms. The van der Waals surface area contributed by atoms with Crippen LogP contribution in [0.5, 0.6) is 0 Å². The average molecular weight is 229 g/mol. The molecule has 4 atom stereocenters. The summed E-state index contributed by atoms with van der Waals surface area (Å²) in [5, 5.41) is 4.72. The molecular formula is C13H27NS. The normalized spacial score (nSPS) is 30.4. The molecule has 1 rings (SSSR count). The van der Waals surface area contributed by atoms with E-state index in [1.54, 1.807) is 0 Å². The quantitative estimate of drug-likeness (QED) is 0.745. The molecule has 4 unspecified atom stereocenters. The lowest BCUT2D eigenvalue weighted by Gasteiger charge is -2.27. The summed E-state index contributed by atoms with van der Waals surface area (Å²) in [6.07, 6.45) is 5.51. The van der Waals surface area contributed by atoms with Crippen LogP contribution >= 0.6 is 11.8 Å². The van der Waals surface area contributed by atoms with Gasteiger partial charge in [0.1, 0.15) is 0 Å². The van der Waals surface area contributed by atoms with Gasteiger partial charge in [0.15, 0.2) is 0 Å². The Morgan fingerprint density at radius 3 is 2.60 bits per heavy atom. The smallest absolute Gasteiger partial charge is 0.0201 e. The summed E-state index contributed by atoms with van der Waals surface area (Å²) in [4.78, 5) is 0. The van der Waals surface area contributed by atoms with Crippen molar-refractivity contribution in [2.24, 2.45) is 5.92 Å². The maximum absolute atomic E-state index is 3.84.